The molecule has 2 aromatic heterocycles. The number of carbonyl (C=O) groups is 1. The van der Waals surface area contributed by atoms with Gasteiger partial charge < -0.3 is 24.3 Å². The molecule has 2 aromatic carbocycles. The number of methoxy groups -OCH3 is 1. The molecule has 0 unspecified atom stereocenters. The largest absolute Gasteiger partial charge is 0.494 e. The lowest BCUT2D eigenvalue weighted by Gasteiger charge is -2.32. The molecule has 37 heavy (non-hydrogen) atoms. The number of aromatic amines is 1. The molecule has 0 amide bonds. The first-order valence-electron chi connectivity index (χ1n) is 12.8. The first-order chi connectivity index (χ1) is 17.8. The van der Waals surface area contributed by atoms with Crippen molar-refractivity contribution in [3.63, 3.8) is 0 Å². The van der Waals surface area contributed by atoms with Crippen LogP contribution in [0.4, 0.5) is 5.69 Å². The van der Waals surface area contributed by atoms with Gasteiger partial charge in [-0.25, -0.2) is 4.79 Å². The molecule has 1 fully saturated rings. The topological polar surface area (TPSA) is 86.1 Å². The third-order valence-corrected chi connectivity index (χ3v) is 7.34. The maximum atomic E-state index is 12.1. The predicted molar refractivity (Wildman–Crippen MR) is 149 cm³/mol. The zero-order valence-corrected chi connectivity index (χ0v) is 22.0. The normalized spacial score (nSPS) is 15.5. The molecule has 0 saturated carbocycles. The number of nitrogens with one attached hydrogen (secondary N) is 1. The van der Waals surface area contributed by atoms with Crippen LogP contribution in [0.2, 0.25) is 0 Å². The Morgan fingerprint density at radius 3 is 2.65 bits per heavy atom. The van der Waals surface area contributed by atoms with E-state index >= 15 is 0 Å². The van der Waals surface area contributed by atoms with Gasteiger partial charge in [0.2, 0.25) is 0 Å². The van der Waals surface area contributed by atoms with Crippen LogP contribution in [0.3, 0.4) is 0 Å². The molecular weight excluding hydrogens is 466 g/mol. The van der Waals surface area contributed by atoms with E-state index in [0.29, 0.717) is 16.6 Å². The standard InChI is InChI=1S/C29H35N5O3/c1-19(2)23-16-21(29(36)37-4)17-25-27(23)24(28(35)31-25)18-30-22-5-6-26-20(15-22)7-8-34(26)14-13-33-11-9-32(3)10-12-33/h5-8,15-19,31,35H,9-14H2,1-4H3. The number of aliphatic imine (C=N–C) groups is 1. The number of aromatic hydroxyl groups is 1. The summed E-state index contributed by atoms with van der Waals surface area (Å²) < 4.78 is 7.21. The quantitative estimate of drug-likeness (QED) is 0.282. The fourth-order valence-electron chi connectivity index (χ4n) is 5.12. The summed E-state index contributed by atoms with van der Waals surface area (Å²) in [6.45, 7) is 10.6. The number of carbonyl (C=O) groups excluding carboxylic acids is 1. The van der Waals surface area contributed by atoms with Crippen LogP contribution in [-0.2, 0) is 11.3 Å². The highest BCUT2D eigenvalue weighted by Crippen LogP contribution is 2.34. The number of nitrogens with zero attached hydrogens (tertiary/aromatic N) is 4. The minimum absolute atomic E-state index is 0.0267. The van der Waals surface area contributed by atoms with Gasteiger partial charge in [-0.1, -0.05) is 13.8 Å². The summed E-state index contributed by atoms with van der Waals surface area (Å²) in [5.41, 5.74) is 4.70. The van der Waals surface area contributed by atoms with Gasteiger partial charge in [-0.3, -0.25) is 9.89 Å². The second kappa shape index (κ2) is 10.4. The third-order valence-electron chi connectivity index (χ3n) is 7.34. The minimum Gasteiger partial charge on any atom is -0.494 e. The van der Waals surface area contributed by atoms with Gasteiger partial charge in [0.05, 0.1) is 29.4 Å². The van der Waals surface area contributed by atoms with Gasteiger partial charge in [-0.05, 0) is 54.9 Å². The Balaban J connectivity index is 1.39. The van der Waals surface area contributed by atoms with Gasteiger partial charge in [0.25, 0.3) is 0 Å². The second-order valence-corrected chi connectivity index (χ2v) is 10.2. The number of esters is 1. The highest BCUT2D eigenvalue weighted by molar-refractivity contribution is 6.06. The molecule has 0 radical (unpaired) electrons. The number of piperazine rings is 1. The van der Waals surface area contributed by atoms with Gasteiger partial charge >= 0.3 is 5.97 Å². The summed E-state index contributed by atoms with van der Waals surface area (Å²) in [4.78, 5) is 24.8. The molecule has 194 valence electrons. The van der Waals surface area contributed by atoms with Crippen molar-refractivity contribution in [2.24, 2.45) is 4.99 Å². The Hall–Kier alpha value is -3.62. The van der Waals surface area contributed by atoms with E-state index in [0.717, 1.165) is 61.3 Å². The smallest absolute Gasteiger partial charge is 0.337 e. The first-order valence-corrected chi connectivity index (χ1v) is 12.8. The van der Waals surface area contributed by atoms with Crippen LogP contribution in [0.25, 0.3) is 21.8 Å². The number of ether oxygens (including phenoxy) is 1. The minimum atomic E-state index is -0.406. The molecule has 0 atom stereocenters. The molecule has 2 N–H and O–H groups in total. The Bertz CT molecular complexity index is 1460. The maximum Gasteiger partial charge on any atom is 0.337 e. The van der Waals surface area contributed by atoms with Crippen molar-refractivity contribution in [1.82, 2.24) is 19.4 Å². The van der Waals surface area contributed by atoms with Crippen molar-refractivity contribution >= 4 is 39.7 Å². The lowest BCUT2D eigenvalue weighted by atomic mass is 9.94. The lowest BCUT2D eigenvalue weighted by molar-refractivity contribution is 0.0600. The molecule has 0 spiro atoms. The molecule has 4 aromatic rings. The molecule has 3 heterocycles. The third kappa shape index (κ3) is 5.12. The van der Waals surface area contributed by atoms with Crippen molar-refractivity contribution < 1.29 is 14.6 Å². The Kier molecular flexibility index (Phi) is 7.04. The molecule has 8 heteroatoms. The molecule has 1 aliphatic rings. The molecule has 5 rings (SSSR count). The van der Waals surface area contributed by atoms with E-state index < -0.39 is 5.97 Å². The first kappa shape index (κ1) is 25.0. The predicted octanol–water partition coefficient (Wildman–Crippen LogP) is 4.74. The van der Waals surface area contributed by atoms with E-state index in [9.17, 15) is 9.90 Å². The van der Waals surface area contributed by atoms with Crippen molar-refractivity contribution in [3.8, 4) is 5.88 Å². The number of rotatable bonds is 7. The van der Waals surface area contributed by atoms with Gasteiger partial charge in [0.1, 0.15) is 0 Å². The van der Waals surface area contributed by atoms with Crippen LogP contribution >= 0.6 is 0 Å². The molecule has 1 saturated heterocycles. The van der Waals surface area contributed by atoms with Crippen LogP contribution in [-0.4, -0.2) is 83.5 Å². The van der Waals surface area contributed by atoms with E-state index in [2.05, 4.69) is 64.6 Å². The Labute approximate surface area is 217 Å². The summed E-state index contributed by atoms with van der Waals surface area (Å²) in [5.74, 6) is -0.243. The number of H-pyrrole nitrogens is 1. The zero-order valence-electron chi connectivity index (χ0n) is 22.0. The van der Waals surface area contributed by atoms with E-state index in [1.807, 2.05) is 12.1 Å². The Morgan fingerprint density at radius 2 is 1.92 bits per heavy atom. The molecule has 0 bridgehead atoms. The van der Waals surface area contributed by atoms with Gasteiger partial charge in [-0.15, -0.1) is 0 Å². The monoisotopic (exact) mass is 501 g/mol. The van der Waals surface area contributed by atoms with E-state index in [1.54, 1.807) is 12.3 Å². The average Bonchev–Trinajstić information content (AvgIpc) is 3.45. The highest BCUT2D eigenvalue weighted by Gasteiger charge is 2.19. The van der Waals surface area contributed by atoms with E-state index in [1.165, 1.54) is 12.6 Å². The van der Waals surface area contributed by atoms with Crippen molar-refractivity contribution in [2.45, 2.75) is 26.3 Å². The second-order valence-electron chi connectivity index (χ2n) is 10.2. The summed E-state index contributed by atoms with van der Waals surface area (Å²) in [7, 11) is 3.55. The number of benzene rings is 2. The van der Waals surface area contributed by atoms with Crippen LogP contribution in [0.5, 0.6) is 5.88 Å². The SMILES string of the molecule is COC(=O)c1cc(C(C)C)c2c(C=Nc3ccc4c(ccn4CCN4CCN(C)CC4)c3)c(O)[nH]c2c1. The fraction of sp³-hybridized carbons (Fsp3) is 0.379. The molecular formula is C29H35N5O3. The van der Waals surface area contributed by atoms with Gasteiger partial charge in [-0.2, -0.15) is 0 Å². The van der Waals surface area contributed by atoms with Crippen molar-refractivity contribution in [3.05, 3.63) is 59.3 Å². The van der Waals surface area contributed by atoms with Crippen LogP contribution < -0.4 is 0 Å². The number of hydrogen-bond donors (Lipinski definition) is 2. The number of likely N-dealkylation sites (N-methyl/N-ethyl adjacent to an activating group) is 1. The summed E-state index contributed by atoms with van der Waals surface area (Å²) in [6, 6.07) is 11.9. The van der Waals surface area contributed by atoms with Crippen LogP contribution in [0, 0.1) is 0 Å². The Morgan fingerprint density at radius 1 is 1.14 bits per heavy atom. The molecule has 0 aliphatic carbocycles. The zero-order chi connectivity index (χ0) is 26.1. The van der Waals surface area contributed by atoms with E-state index in [-0.39, 0.29) is 11.8 Å². The number of hydrogen-bond acceptors (Lipinski definition) is 6. The summed E-state index contributed by atoms with van der Waals surface area (Å²) in [5, 5.41) is 12.7. The maximum absolute atomic E-state index is 12.1. The summed E-state index contributed by atoms with van der Waals surface area (Å²) >= 11 is 0. The van der Waals surface area contributed by atoms with Crippen molar-refractivity contribution in [2.75, 3.05) is 46.9 Å². The van der Waals surface area contributed by atoms with Gasteiger partial charge in [0.15, 0.2) is 5.88 Å². The highest BCUT2D eigenvalue weighted by atomic mass is 16.5. The number of fused-ring (bicyclic) bond motifs is 2. The summed E-state index contributed by atoms with van der Waals surface area (Å²) in [6.07, 6.45) is 3.84. The lowest BCUT2D eigenvalue weighted by Crippen LogP contribution is -2.45. The van der Waals surface area contributed by atoms with Crippen LogP contribution in [0.1, 0.15) is 41.3 Å². The molecule has 8 nitrogen and oxygen atoms in total. The molecule has 1 aliphatic heterocycles. The van der Waals surface area contributed by atoms with E-state index in [4.69, 9.17) is 9.73 Å². The van der Waals surface area contributed by atoms with Crippen molar-refractivity contribution in [1.29, 1.82) is 0 Å². The number of aromatic nitrogens is 2. The van der Waals surface area contributed by atoms with Gasteiger partial charge in [0, 0.05) is 68.0 Å². The average molecular weight is 502 g/mol. The fourth-order valence-corrected chi connectivity index (χ4v) is 5.12. The van der Waals surface area contributed by atoms with Crippen LogP contribution in [0.15, 0.2) is 47.6 Å².